The Kier molecular flexibility index (Phi) is 7.07. The highest BCUT2D eigenvalue weighted by Gasteiger charge is 2.20. The molecular weight excluding hydrogens is 460 g/mol. The zero-order valence-electron chi connectivity index (χ0n) is 23.3. The Hall–Kier alpha value is -4.30. The average Bonchev–Trinajstić information content (AvgIpc) is 2.91. The van der Waals surface area contributed by atoms with E-state index in [0.717, 1.165) is 22.7 Å². The average molecular weight is 497 g/mol. The van der Waals surface area contributed by atoms with Gasteiger partial charge in [0, 0.05) is 34.1 Å². The molecule has 0 unspecified atom stereocenters. The summed E-state index contributed by atoms with van der Waals surface area (Å²) < 4.78 is 0. The number of benzene rings is 5. The molecule has 5 rings (SSSR count). The first kappa shape index (κ1) is 25.4. The van der Waals surface area contributed by atoms with E-state index in [4.69, 9.17) is 0 Å². The van der Waals surface area contributed by atoms with Crippen LogP contribution in [0, 0.1) is 41.5 Å². The fourth-order valence-electron chi connectivity index (χ4n) is 4.90. The van der Waals surface area contributed by atoms with Crippen molar-refractivity contribution < 1.29 is 0 Å². The van der Waals surface area contributed by atoms with Crippen LogP contribution in [-0.2, 0) is 0 Å². The maximum absolute atomic E-state index is 2.37. The third-order valence-corrected chi connectivity index (χ3v) is 7.16. The van der Waals surface area contributed by atoms with Gasteiger partial charge in [-0.3, -0.25) is 0 Å². The second-order valence-electron chi connectivity index (χ2n) is 10.4. The van der Waals surface area contributed by atoms with Gasteiger partial charge in [0.1, 0.15) is 0 Å². The molecule has 0 spiro atoms. The molecule has 0 aliphatic rings. The van der Waals surface area contributed by atoms with Gasteiger partial charge in [-0.1, -0.05) is 70.8 Å². The number of rotatable bonds is 6. The van der Waals surface area contributed by atoms with Crippen LogP contribution in [0.4, 0.5) is 34.1 Å². The van der Waals surface area contributed by atoms with Crippen molar-refractivity contribution in [3.63, 3.8) is 0 Å². The molecule has 2 heteroatoms. The van der Waals surface area contributed by atoms with Crippen LogP contribution in [0.5, 0.6) is 0 Å². The van der Waals surface area contributed by atoms with Gasteiger partial charge in [-0.25, -0.2) is 0 Å². The van der Waals surface area contributed by atoms with E-state index in [1.54, 1.807) is 0 Å². The van der Waals surface area contributed by atoms with Gasteiger partial charge < -0.3 is 9.80 Å². The first-order chi connectivity index (χ1) is 18.3. The minimum atomic E-state index is 1.16. The van der Waals surface area contributed by atoms with Crippen molar-refractivity contribution in [3.05, 3.63) is 143 Å². The number of aryl methyl sites for hydroxylation is 6. The Bertz CT molecular complexity index is 1320. The lowest BCUT2D eigenvalue weighted by Gasteiger charge is -2.31. The summed E-state index contributed by atoms with van der Waals surface area (Å²) in [6.45, 7) is 13.0. The molecule has 0 saturated carbocycles. The lowest BCUT2D eigenvalue weighted by atomic mass is 10.0. The predicted octanol–water partition coefficient (Wildman–Crippen LogP) is 10.5. The summed E-state index contributed by atoms with van der Waals surface area (Å²) >= 11 is 0. The summed E-state index contributed by atoms with van der Waals surface area (Å²) in [6.07, 6.45) is 0. The third-order valence-electron chi connectivity index (χ3n) is 7.16. The van der Waals surface area contributed by atoms with Crippen LogP contribution in [-0.4, -0.2) is 0 Å². The highest BCUT2D eigenvalue weighted by atomic mass is 15.2. The molecule has 38 heavy (non-hydrogen) atoms. The molecule has 0 heterocycles. The Morgan fingerprint density at radius 3 is 0.737 bits per heavy atom. The molecular formula is C36H36N2. The summed E-state index contributed by atoms with van der Waals surface area (Å²) in [4.78, 5) is 4.74. The summed E-state index contributed by atoms with van der Waals surface area (Å²) in [6, 6.07) is 39.8. The van der Waals surface area contributed by atoms with Gasteiger partial charge in [0.05, 0.1) is 0 Å². The van der Waals surface area contributed by atoms with Crippen LogP contribution in [0.25, 0.3) is 0 Å². The zero-order chi connectivity index (χ0) is 26.8. The first-order valence-corrected chi connectivity index (χ1v) is 13.3. The molecule has 0 aromatic heterocycles. The molecule has 2 nitrogen and oxygen atoms in total. The third kappa shape index (κ3) is 5.21. The van der Waals surface area contributed by atoms with Crippen LogP contribution in [0.3, 0.4) is 0 Å². The standard InChI is InChI=1S/C36H36N2/c1-25-7-15-31(16-8-25)37(32-17-9-26(2)10-18-32)35-23-30(6)36(24-29(35)5)38(33-19-11-27(3)12-20-33)34-21-13-28(4)14-22-34/h7-24H,1-6H3. The topological polar surface area (TPSA) is 6.48 Å². The van der Waals surface area contributed by atoms with Crippen LogP contribution < -0.4 is 9.80 Å². The maximum atomic E-state index is 2.37. The normalized spacial score (nSPS) is 10.9. The Morgan fingerprint density at radius 2 is 0.526 bits per heavy atom. The Labute approximate surface area is 227 Å². The second kappa shape index (κ2) is 10.6. The molecule has 0 amide bonds. The van der Waals surface area contributed by atoms with Crippen LogP contribution in [0.15, 0.2) is 109 Å². The Balaban J connectivity index is 1.67. The molecule has 5 aromatic rings. The fraction of sp³-hybridized carbons (Fsp3) is 0.167. The first-order valence-electron chi connectivity index (χ1n) is 13.3. The van der Waals surface area contributed by atoms with Crippen molar-refractivity contribution in [1.82, 2.24) is 0 Å². The molecule has 0 aliphatic heterocycles. The van der Waals surface area contributed by atoms with Crippen molar-refractivity contribution in [2.75, 3.05) is 9.80 Å². The maximum Gasteiger partial charge on any atom is 0.0494 e. The van der Waals surface area contributed by atoms with Gasteiger partial charge in [-0.2, -0.15) is 0 Å². The van der Waals surface area contributed by atoms with Crippen molar-refractivity contribution in [2.24, 2.45) is 0 Å². The monoisotopic (exact) mass is 496 g/mol. The number of hydrogen-bond donors (Lipinski definition) is 0. The van der Waals surface area contributed by atoms with Crippen molar-refractivity contribution in [2.45, 2.75) is 41.5 Å². The number of anilines is 6. The van der Waals surface area contributed by atoms with E-state index in [1.165, 1.54) is 44.8 Å². The summed E-state index contributed by atoms with van der Waals surface area (Å²) in [5.74, 6) is 0. The van der Waals surface area contributed by atoms with E-state index in [-0.39, 0.29) is 0 Å². The number of nitrogens with zero attached hydrogens (tertiary/aromatic N) is 2. The number of hydrogen-bond acceptors (Lipinski definition) is 2. The molecule has 5 aromatic carbocycles. The highest BCUT2D eigenvalue weighted by molar-refractivity contribution is 5.84. The molecule has 0 aliphatic carbocycles. The molecule has 0 bridgehead atoms. The van der Waals surface area contributed by atoms with Gasteiger partial charge in [-0.05, 0) is 113 Å². The van der Waals surface area contributed by atoms with E-state index in [9.17, 15) is 0 Å². The smallest absolute Gasteiger partial charge is 0.0494 e. The molecule has 0 fully saturated rings. The molecule has 0 radical (unpaired) electrons. The van der Waals surface area contributed by atoms with E-state index in [1.807, 2.05) is 0 Å². The quantitative estimate of drug-likeness (QED) is 0.231. The van der Waals surface area contributed by atoms with Gasteiger partial charge >= 0.3 is 0 Å². The van der Waals surface area contributed by atoms with Crippen molar-refractivity contribution in [1.29, 1.82) is 0 Å². The summed E-state index contributed by atoms with van der Waals surface area (Å²) in [5, 5.41) is 0. The van der Waals surface area contributed by atoms with E-state index in [2.05, 4.69) is 161 Å². The van der Waals surface area contributed by atoms with Crippen LogP contribution in [0.1, 0.15) is 33.4 Å². The molecule has 0 N–H and O–H groups in total. The van der Waals surface area contributed by atoms with Crippen LogP contribution in [0.2, 0.25) is 0 Å². The second-order valence-corrected chi connectivity index (χ2v) is 10.4. The van der Waals surface area contributed by atoms with Crippen molar-refractivity contribution in [3.8, 4) is 0 Å². The van der Waals surface area contributed by atoms with Crippen LogP contribution >= 0.6 is 0 Å². The van der Waals surface area contributed by atoms with Gasteiger partial charge in [-0.15, -0.1) is 0 Å². The highest BCUT2D eigenvalue weighted by Crippen LogP contribution is 2.43. The molecule has 0 saturated heterocycles. The summed E-state index contributed by atoms with van der Waals surface area (Å²) in [5.41, 5.74) is 14.5. The van der Waals surface area contributed by atoms with E-state index < -0.39 is 0 Å². The lowest BCUT2D eigenvalue weighted by Crippen LogP contribution is -2.15. The van der Waals surface area contributed by atoms with E-state index >= 15 is 0 Å². The Morgan fingerprint density at radius 1 is 0.316 bits per heavy atom. The zero-order valence-corrected chi connectivity index (χ0v) is 23.3. The predicted molar refractivity (Wildman–Crippen MR) is 164 cm³/mol. The molecule has 190 valence electrons. The molecule has 0 atom stereocenters. The lowest BCUT2D eigenvalue weighted by molar-refractivity contribution is 1.19. The van der Waals surface area contributed by atoms with Gasteiger partial charge in [0.25, 0.3) is 0 Å². The van der Waals surface area contributed by atoms with Gasteiger partial charge in [0.2, 0.25) is 0 Å². The minimum Gasteiger partial charge on any atom is -0.310 e. The summed E-state index contributed by atoms with van der Waals surface area (Å²) in [7, 11) is 0. The largest absolute Gasteiger partial charge is 0.310 e. The van der Waals surface area contributed by atoms with Gasteiger partial charge in [0.15, 0.2) is 0 Å². The van der Waals surface area contributed by atoms with E-state index in [0.29, 0.717) is 0 Å². The SMILES string of the molecule is Cc1ccc(N(c2ccc(C)cc2)c2cc(C)c(N(c3ccc(C)cc3)c3ccc(C)cc3)cc2C)cc1. The fourth-order valence-corrected chi connectivity index (χ4v) is 4.90. The van der Waals surface area contributed by atoms with Crippen molar-refractivity contribution >= 4 is 34.1 Å². The minimum absolute atomic E-state index is 1.16.